The Kier molecular flexibility index (Phi) is 6.21. The highest BCUT2D eigenvalue weighted by molar-refractivity contribution is 6.11. The summed E-state index contributed by atoms with van der Waals surface area (Å²) in [5.41, 5.74) is 2.69. The fourth-order valence-corrected chi connectivity index (χ4v) is 4.33. The molecule has 1 aromatic carbocycles. The molecule has 2 N–H and O–H groups in total. The molecule has 1 fully saturated rings. The summed E-state index contributed by atoms with van der Waals surface area (Å²) in [6.45, 7) is 3.02. The molecule has 0 bridgehead atoms. The van der Waals surface area contributed by atoms with Crippen molar-refractivity contribution in [1.82, 2.24) is 25.1 Å². The lowest BCUT2D eigenvalue weighted by atomic mass is 10.0. The summed E-state index contributed by atoms with van der Waals surface area (Å²) in [4.78, 5) is 23.5. The second kappa shape index (κ2) is 9.46. The molecule has 0 unspecified atom stereocenters. The van der Waals surface area contributed by atoms with E-state index in [2.05, 4.69) is 36.4 Å². The lowest BCUT2D eigenvalue weighted by molar-refractivity contribution is -0.137. The van der Waals surface area contributed by atoms with Crippen LogP contribution in [0.5, 0.6) is 0 Å². The normalized spacial score (nSPS) is 14.8. The van der Waals surface area contributed by atoms with Crippen molar-refractivity contribution >= 4 is 22.6 Å². The number of carbonyl (C=O) groups excluding carboxylic acids is 1. The number of hydrogen-bond donors (Lipinski definition) is 2. The van der Waals surface area contributed by atoms with Crippen LogP contribution in [0.15, 0.2) is 55.0 Å². The standard InChI is InChI=1S/C25H23F3N6O/c26-25(27,28)19-6-7-30-22(12-19)31-24(35)23-20-11-17(4-5-21(20)32-33-23)18-10-16(13-29-14-18)15-34-8-2-1-3-9-34/h4-7,10-14H,1-3,8-9,15H2,(H,32,33)(H,30,31,35). The van der Waals surface area contributed by atoms with Crippen LogP contribution in [-0.4, -0.2) is 44.1 Å². The number of nitrogens with one attached hydrogen (secondary N) is 2. The number of halogens is 3. The SMILES string of the molecule is O=C(Nc1cc(C(F)(F)F)ccn1)c1n[nH]c2ccc(-c3cncc(CN4CCCCC4)c3)cc12. The summed E-state index contributed by atoms with van der Waals surface area (Å²) in [6.07, 6.45) is 3.81. The van der Waals surface area contributed by atoms with Gasteiger partial charge in [0.25, 0.3) is 5.91 Å². The molecule has 35 heavy (non-hydrogen) atoms. The Morgan fingerprint density at radius 1 is 1.03 bits per heavy atom. The number of aromatic amines is 1. The van der Waals surface area contributed by atoms with Crippen molar-refractivity contribution in [2.75, 3.05) is 18.4 Å². The topological polar surface area (TPSA) is 86.8 Å². The second-order valence-electron chi connectivity index (χ2n) is 8.63. The van der Waals surface area contributed by atoms with Crippen molar-refractivity contribution in [2.45, 2.75) is 32.0 Å². The van der Waals surface area contributed by atoms with Gasteiger partial charge >= 0.3 is 6.18 Å². The average Bonchev–Trinajstić information content (AvgIpc) is 3.28. The van der Waals surface area contributed by atoms with Gasteiger partial charge in [-0.25, -0.2) is 4.98 Å². The number of piperidine rings is 1. The van der Waals surface area contributed by atoms with E-state index < -0.39 is 17.6 Å². The zero-order valence-corrected chi connectivity index (χ0v) is 18.8. The van der Waals surface area contributed by atoms with Crippen LogP contribution in [-0.2, 0) is 12.7 Å². The molecule has 3 aromatic heterocycles. The second-order valence-corrected chi connectivity index (χ2v) is 8.63. The van der Waals surface area contributed by atoms with E-state index in [0.29, 0.717) is 10.9 Å². The van der Waals surface area contributed by atoms with Crippen LogP contribution in [0, 0.1) is 0 Å². The predicted octanol–water partition coefficient (Wildman–Crippen LogP) is 5.28. The maximum Gasteiger partial charge on any atom is 0.416 e. The number of pyridine rings is 2. The monoisotopic (exact) mass is 480 g/mol. The minimum atomic E-state index is -4.53. The molecule has 10 heteroatoms. The van der Waals surface area contributed by atoms with Gasteiger partial charge in [0, 0.05) is 36.1 Å². The summed E-state index contributed by atoms with van der Waals surface area (Å²) in [5, 5.41) is 9.85. The first-order valence-corrected chi connectivity index (χ1v) is 11.4. The predicted molar refractivity (Wildman–Crippen MR) is 126 cm³/mol. The first-order chi connectivity index (χ1) is 16.9. The molecule has 5 rings (SSSR count). The zero-order chi connectivity index (χ0) is 24.4. The number of amides is 1. The van der Waals surface area contributed by atoms with E-state index in [4.69, 9.17) is 0 Å². The number of carbonyl (C=O) groups is 1. The Labute approximate surface area is 199 Å². The molecule has 1 amide bonds. The Morgan fingerprint density at radius 2 is 1.86 bits per heavy atom. The molecular formula is C25H23F3N6O. The highest BCUT2D eigenvalue weighted by Crippen LogP contribution is 2.30. The van der Waals surface area contributed by atoms with Crippen LogP contribution in [0.2, 0.25) is 0 Å². The van der Waals surface area contributed by atoms with Crippen LogP contribution >= 0.6 is 0 Å². The Balaban J connectivity index is 1.39. The molecule has 0 radical (unpaired) electrons. The number of H-pyrrole nitrogens is 1. The number of rotatable bonds is 5. The molecule has 1 aliphatic rings. The molecule has 7 nitrogen and oxygen atoms in total. The van der Waals surface area contributed by atoms with E-state index in [-0.39, 0.29) is 11.5 Å². The van der Waals surface area contributed by atoms with Crippen LogP contribution in [0.3, 0.4) is 0 Å². The minimum Gasteiger partial charge on any atom is -0.305 e. The average molecular weight is 480 g/mol. The fourth-order valence-electron chi connectivity index (χ4n) is 4.33. The van der Waals surface area contributed by atoms with Crippen LogP contribution in [0.1, 0.15) is 40.9 Å². The summed E-state index contributed by atoms with van der Waals surface area (Å²) in [6, 6.07) is 9.29. The van der Waals surface area contributed by atoms with Gasteiger partial charge in [-0.2, -0.15) is 18.3 Å². The molecule has 0 saturated carbocycles. The van der Waals surface area contributed by atoms with E-state index in [1.165, 1.54) is 19.3 Å². The van der Waals surface area contributed by atoms with Crippen molar-refractivity contribution in [1.29, 1.82) is 0 Å². The van der Waals surface area contributed by atoms with E-state index in [9.17, 15) is 18.0 Å². The number of anilines is 1. The van der Waals surface area contributed by atoms with E-state index in [1.807, 2.05) is 24.4 Å². The number of likely N-dealkylation sites (tertiary alicyclic amines) is 1. The van der Waals surface area contributed by atoms with Crippen molar-refractivity contribution in [3.8, 4) is 11.1 Å². The quantitative estimate of drug-likeness (QED) is 0.406. The third-order valence-corrected chi connectivity index (χ3v) is 6.09. The molecular weight excluding hydrogens is 457 g/mol. The van der Waals surface area contributed by atoms with Crippen molar-refractivity contribution in [3.63, 3.8) is 0 Å². The summed E-state index contributed by atoms with van der Waals surface area (Å²) in [7, 11) is 0. The van der Waals surface area contributed by atoms with Gasteiger partial charge in [-0.1, -0.05) is 12.5 Å². The molecule has 4 heterocycles. The molecule has 0 spiro atoms. The maximum atomic E-state index is 13.0. The van der Waals surface area contributed by atoms with Crippen molar-refractivity contribution in [3.05, 3.63) is 71.8 Å². The number of nitrogens with zero attached hydrogens (tertiary/aromatic N) is 4. The van der Waals surface area contributed by atoms with Gasteiger partial charge in [0.05, 0.1) is 11.1 Å². The first-order valence-electron chi connectivity index (χ1n) is 11.4. The van der Waals surface area contributed by atoms with Crippen LogP contribution in [0.4, 0.5) is 19.0 Å². The van der Waals surface area contributed by atoms with Crippen molar-refractivity contribution in [2.24, 2.45) is 0 Å². The summed E-state index contributed by atoms with van der Waals surface area (Å²) in [5.74, 6) is -0.857. The fraction of sp³-hybridized carbons (Fsp3) is 0.280. The Bertz CT molecular complexity index is 1360. The third-order valence-electron chi connectivity index (χ3n) is 6.09. The van der Waals surface area contributed by atoms with Gasteiger partial charge in [0.15, 0.2) is 5.69 Å². The molecule has 180 valence electrons. The molecule has 0 atom stereocenters. The van der Waals surface area contributed by atoms with E-state index in [1.54, 1.807) is 6.20 Å². The van der Waals surface area contributed by atoms with E-state index >= 15 is 0 Å². The Hall–Kier alpha value is -3.79. The molecule has 0 aliphatic carbocycles. The smallest absolute Gasteiger partial charge is 0.305 e. The lowest BCUT2D eigenvalue weighted by Crippen LogP contribution is -2.29. The number of fused-ring (bicyclic) bond motifs is 1. The van der Waals surface area contributed by atoms with Gasteiger partial charge in [-0.3, -0.25) is 19.8 Å². The Morgan fingerprint density at radius 3 is 2.66 bits per heavy atom. The third kappa shape index (κ3) is 5.17. The number of hydrogen-bond acceptors (Lipinski definition) is 5. The van der Waals surface area contributed by atoms with Crippen molar-refractivity contribution < 1.29 is 18.0 Å². The van der Waals surface area contributed by atoms with Gasteiger partial charge in [-0.05, 0) is 67.4 Å². The van der Waals surface area contributed by atoms with E-state index in [0.717, 1.165) is 54.7 Å². The van der Waals surface area contributed by atoms with Gasteiger partial charge < -0.3 is 5.32 Å². The van der Waals surface area contributed by atoms with Crippen LogP contribution in [0.25, 0.3) is 22.0 Å². The number of alkyl halides is 3. The zero-order valence-electron chi connectivity index (χ0n) is 18.8. The number of benzene rings is 1. The largest absolute Gasteiger partial charge is 0.416 e. The molecule has 4 aromatic rings. The molecule has 1 saturated heterocycles. The van der Waals surface area contributed by atoms with Gasteiger partial charge in [0.1, 0.15) is 5.82 Å². The lowest BCUT2D eigenvalue weighted by Gasteiger charge is -2.26. The van der Waals surface area contributed by atoms with Gasteiger partial charge in [0.2, 0.25) is 0 Å². The summed E-state index contributed by atoms with van der Waals surface area (Å²) < 4.78 is 39.0. The minimum absolute atomic E-state index is 0.0680. The summed E-state index contributed by atoms with van der Waals surface area (Å²) >= 11 is 0. The number of aromatic nitrogens is 4. The highest BCUT2D eigenvalue weighted by atomic mass is 19.4. The maximum absolute atomic E-state index is 13.0. The first kappa shape index (κ1) is 23.0. The van der Waals surface area contributed by atoms with Gasteiger partial charge in [-0.15, -0.1) is 0 Å². The van der Waals surface area contributed by atoms with Crippen LogP contribution < -0.4 is 5.32 Å². The molecule has 1 aliphatic heterocycles. The highest BCUT2D eigenvalue weighted by Gasteiger charge is 2.31.